The molecule has 1 aliphatic rings. The SMILES string of the molecule is CCC(CC)C(=O)OCC1CCCC1. The molecule has 0 spiro atoms. The fraction of sp³-hybridized carbons (Fsp3) is 0.917. The number of carbonyl (C=O) groups excluding carboxylic acids is 1. The van der Waals surface area contributed by atoms with Gasteiger partial charge in [0.05, 0.1) is 12.5 Å². The summed E-state index contributed by atoms with van der Waals surface area (Å²) >= 11 is 0. The third kappa shape index (κ3) is 3.32. The van der Waals surface area contributed by atoms with Crippen molar-refractivity contribution in [1.29, 1.82) is 0 Å². The van der Waals surface area contributed by atoms with E-state index in [1.165, 1.54) is 25.7 Å². The topological polar surface area (TPSA) is 26.3 Å². The van der Waals surface area contributed by atoms with Gasteiger partial charge in [-0.15, -0.1) is 0 Å². The molecule has 0 aromatic heterocycles. The maximum atomic E-state index is 11.5. The van der Waals surface area contributed by atoms with Crippen LogP contribution in [-0.4, -0.2) is 12.6 Å². The summed E-state index contributed by atoms with van der Waals surface area (Å²) in [7, 11) is 0. The first-order valence-corrected chi connectivity index (χ1v) is 5.94. The van der Waals surface area contributed by atoms with Gasteiger partial charge in [-0.1, -0.05) is 26.7 Å². The van der Waals surface area contributed by atoms with Crippen molar-refractivity contribution in [2.24, 2.45) is 11.8 Å². The highest BCUT2D eigenvalue weighted by Gasteiger charge is 2.20. The van der Waals surface area contributed by atoms with E-state index in [1.54, 1.807) is 0 Å². The quantitative estimate of drug-likeness (QED) is 0.634. The van der Waals surface area contributed by atoms with Crippen LogP contribution in [0.25, 0.3) is 0 Å². The zero-order valence-electron chi connectivity index (χ0n) is 9.42. The summed E-state index contributed by atoms with van der Waals surface area (Å²) in [6, 6.07) is 0. The van der Waals surface area contributed by atoms with E-state index >= 15 is 0 Å². The van der Waals surface area contributed by atoms with Crippen LogP contribution in [0.2, 0.25) is 0 Å². The summed E-state index contributed by atoms with van der Waals surface area (Å²) < 4.78 is 5.33. The van der Waals surface area contributed by atoms with Crippen molar-refractivity contribution in [2.75, 3.05) is 6.61 Å². The minimum atomic E-state index is 0.0156. The molecule has 0 heterocycles. The van der Waals surface area contributed by atoms with Crippen molar-refractivity contribution in [3.05, 3.63) is 0 Å². The molecule has 0 saturated heterocycles. The summed E-state index contributed by atoms with van der Waals surface area (Å²) in [6.45, 7) is 4.76. The Bertz CT molecular complexity index is 167. The van der Waals surface area contributed by atoms with Gasteiger partial charge in [0, 0.05) is 0 Å². The first-order valence-electron chi connectivity index (χ1n) is 5.94. The molecule has 1 aliphatic carbocycles. The van der Waals surface area contributed by atoms with Crippen LogP contribution in [0.3, 0.4) is 0 Å². The Morgan fingerprint density at radius 3 is 2.36 bits per heavy atom. The molecule has 82 valence electrons. The van der Waals surface area contributed by atoms with Gasteiger partial charge in [0.25, 0.3) is 0 Å². The molecule has 1 rings (SSSR count). The lowest BCUT2D eigenvalue weighted by atomic mass is 10.0. The second-order valence-corrected chi connectivity index (χ2v) is 4.29. The average Bonchev–Trinajstić information content (AvgIpc) is 2.69. The third-order valence-electron chi connectivity index (χ3n) is 3.25. The second kappa shape index (κ2) is 6.05. The van der Waals surface area contributed by atoms with E-state index in [0.717, 1.165) is 12.8 Å². The van der Waals surface area contributed by atoms with Crippen molar-refractivity contribution >= 4 is 5.97 Å². The van der Waals surface area contributed by atoms with Gasteiger partial charge >= 0.3 is 5.97 Å². The molecule has 1 saturated carbocycles. The highest BCUT2D eigenvalue weighted by molar-refractivity contribution is 5.72. The Labute approximate surface area is 87.0 Å². The molecule has 1 fully saturated rings. The number of carbonyl (C=O) groups is 1. The molecule has 0 aliphatic heterocycles. The zero-order valence-corrected chi connectivity index (χ0v) is 9.42. The van der Waals surface area contributed by atoms with Crippen molar-refractivity contribution in [2.45, 2.75) is 52.4 Å². The van der Waals surface area contributed by atoms with Crippen LogP contribution in [0.1, 0.15) is 52.4 Å². The smallest absolute Gasteiger partial charge is 0.308 e. The molecule has 0 atom stereocenters. The van der Waals surface area contributed by atoms with E-state index in [1.807, 2.05) is 13.8 Å². The second-order valence-electron chi connectivity index (χ2n) is 4.29. The number of hydrogen-bond donors (Lipinski definition) is 0. The molecular weight excluding hydrogens is 176 g/mol. The average molecular weight is 198 g/mol. The molecule has 0 unspecified atom stereocenters. The Morgan fingerprint density at radius 2 is 1.86 bits per heavy atom. The van der Waals surface area contributed by atoms with E-state index < -0.39 is 0 Å². The van der Waals surface area contributed by atoms with Gasteiger partial charge < -0.3 is 4.74 Å². The lowest BCUT2D eigenvalue weighted by Gasteiger charge is -2.14. The fourth-order valence-corrected chi connectivity index (χ4v) is 2.12. The minimum absolute atomic E-state index is 0.0156. The Balaban J connectivity index is 2.18. The number of ether oxygens (including phenoxy) is 1. The van der Waals surface area contributed by atoms with Gasteiger partial charge in [0.1, 0.15) is 0 Å². The Hall–Kier alpha value is -0.530. The van der Waals surface area contributed by atoms with Gasteiger partial charge in [-0.25, -0.2) is 0 Å². The molecule has 0 radical (unpaired) electrons. The van der Waals surface area contributed by atoms with Crippen molar-refractivity contribution in [1.82, 2.24) is 0 Å². The lowest BCUT2D eigenvalue weighted by molar-refractivity contribution is -0.150. The van der Waals surface area contributed by atoms with E-state index in [9.17, 15) is 4.79 Å². The number of hydrogen-bond acceptors (Lipinski definition) is 2. The Morgan fingerprint density at radius 1 is 1.29 bits per heavy atom. The van der Waals surface area contributed by atoms with Crippen LogP contribution in [0, 0.1) is 11.8 Å². The van der Waals surface area contributed by atoms with Crippen LogP contribution < -0.4 is 0 Å². The van der Waals surface area contributed by atoms with Crippen molar-refractivity contribution in [3.63, 3.8) is 0 Å². The molecular formula is C12H22O2. The lowest BCUT2D eigenvalue weighted by Crippen LogP contribution is -2.19. The fourth-order valence-electron chi connectivity index (χ4n) is 2.12. The standard InChI is InChI=1S/C12H22O2/c1-3-11(4-2)12(13)14-9-10-7-5-6-8-10/h10-11H,3-9H2,1-2H3. The van der Waals surface area contributed by atoms with Crippen LogP contribution in [0.4, 0.5) is 0 Å². The van der Waals surface area contributed by atoms with Crippen LogP contribution >= 0.6 is 0 Å². The number of rotatable bonds is 5. The van der Waals surface area contributed by atoms with E-state index in [4.69, 9.17) is 4.74 Å². The number of esters is 1. The molecule has 0 aromatic rings. The molecule has 0 N–H and O–H groups in total. The third-order valence-corrected chi connectivity index (χ3v) is 3.25. The van der Waals surface area contributed by atoms with Gasteiger partial charge in [0.2, 0.25) is 0 Å². The Kier molecular flexibility index (Phi) is 4.99. The van der Waals surface area contributed by atoms with E-state index in [-0.39, 0.29) is 11.9 Å². The predicted molar refractivity (Wildman–Crippen MR) is 57.0 cm³/mol. The molecule has 14 heavy (non-hydrogen) atoms. The molecule has 2 heteroatoms. The molecule has 0 amide bonds. The van der Waals surface area contributed by atoms with Crippen molar-refractivity contribution in [3.8, 4) is 0 Å². The molecule has 0 bridgehead atoms. The van der Waals surface area contributed by atoms with Gasteiger partial charge in [0.15, 0.2) is 0 Å². The first kappa shape index (κ1) is 11.5. The van der Waals surface area contributed by atoms with E-state index in [2.05, 4.69) is 0 Å². The normalized spacial score (nSPS) is 17.6. The van der Waals surface area contributed by atoms with Crippen LogP contribution in [0.15, 0.2) is 0 Å². The summed E-state index contributed by atoms with van der Waals surface area (Å²) in [4.78, 5) is 11.5. The summed E-state index contributed by atoms with van der Waals surface area (Å²) in [5, 5.41) is 0. The van der Waals surface area contributed by atoms with Gasteiger partial charge in [-0.2, -0.15) is 0 Å². The van der Waals surface area contributed by atoms with Crippen molar-refractivity contribution < 1.29 is 9.53 Å². The highest BCUT2D eigenvalue weighted by atomic mass is 16.5. The van der Waals surface area contributed by atoms with E-state index in [0.29, 0.717) is 12.5 Å². The molecule has 0 aromatic carbocycles. The predicted octanol–water partition coefficient (Wildman–Crippen LogP) is 3.16. The maximum Gasteiger partial charge on any atom is 0.308 e. The monoisotopic (exact) mass is 198 g/mol. The van der Waals surface area contributed by atoms with Crippen LogP contribution in [0.5, 0.6) is 0 Å². The van der Waals surface area contributed by atoms with Gasteiger partial charge in [-0.3, -0.25) is 4.79 Å². The van der Waals surface area contributed by atoms with Crippen LogP contribution in [-0.2, 0) is 9.53 Å². The summed E-state index contributed by atoms with van der Waals surface area (Å²) in [5.74, 6) is 0.784. The zero-order chi connectivity index (χ0) is 10.4. The first-order chi connectivity index (χ1) is 6.77. The summed E-state index contributed by atoms with van der Waals surface area (Å²) in [6.07, 6.45) is 6.92. The summed E-state index contributed by atoms with van der Waals surface area (Å²) in [5.41, 5.74) is 0. The molecule has 2 nitrogen and oxygen atoms in total. The largest absolute Gasteiger partial charge is 0.465 e. The minimum Gasteiger partial charge on any atom is -0.465 e. The van der Waals surface area contributed by atoms with Gasteiger partial charge in [-0.05, 0) is 31.6 Å². The highest BCUT2D eigenvalue weighted by Crippen LogP contribution is 2.25. The maximum absolute atomic E-state index is 11.5.